The number of carbonyl (C=O) groups excluding carboxylic acids is 2. The smallest absolute Gasteiger partial charge is 0.255 e. The van der Waals surface area contributed by atoms with Crippen molar-refractivity contribution in [3.8, 4) is 0 Å². The number of carbonyl (C=O) groups is 2. The first kappa shape index (κ1) is 14.1. The van der Waals surface area contributed by atoms with Crippen LogP contribution in [0.15, 0.2) is 42.5 Å². The predicted molar refractivity (Wildman–Crippen MR) is 79.1 cm³/mol. The van der Waals surface area contributed by atoms with E-state index in [1.54, 1.807) is 42.5 Å². The Morgan fingerprint density at radius 1 is 1.15 bits per heavy atom. The minimum atomic E-state index is -0.594. The van der Waals surface area contributed by atoms with E-state index in [-0.39, 0.29) is 11.5 Å². The Bertz CT molecular complexity index is 663. The molecular weight excluding hydrogens is 276 g/mol. The number of para-hydroxylation sites is 1. The largest absolute Gasteiger partial charge is 0.366 e. The molecule has 0 unspecified atom stereocenters. The molecule has 2 amide bonds. The van der Waals surface area contributed by atoms with Crippen molar-refractivity contribution in [2.45, 2.75) is 6.92 Å². The summed E-state index contributed by atoms with van der Waals surface area (Å²) in [7, 11) is 0. The maximum absolute atomic E-state index is 12.2. The number of aryl methyl sites for hydroxylation is 1. The van der Waals surface area contributed by atoms with Gasteiger partial charge in [-0.25, -0.2) is 0 Å². The Hall–Kier alpha value is -2.33. The molecule has 20 heavy (non-hydrogen) atoms. The topological polar surface area (TPSA) is 72.2 Å². The second kappa shape index (κ2) is 5.75. The number of primary amides is 1. The summed E-state index contributed by atoms with van der Waals surface area (Å²) >= 11 is 5.92. The summed E-state index contributed by atoms with van der Waals surface area (Å²) in [6, 6.07) is 11.6. The standard InChI is InChI=1S/C15H13ClN2O2/c1-9-6-10(8-11(16)7-9)15(20)18-13-5-3-2-4-12(13)14(17)19/h2-8H,1H3,(H2,17,19)(H,18,20). The second-order valence-corrected chi connectivity index (χ2v) is 4.82. The lowest BCUT2D eigenvalue weighted by Gasteiger charge is -2.09. The highest BCUT2D eigenvalue weighted by molar-refractivity contribution is 6.31. The molecule has 2 aromatic carbocycles. The van der Waals surface area contributed by atoms with Crippen molar-refractivity contribution in [1.29, 1.82) is 0 Å². The summed E-state index contributed by atoms with van der Waals surface area (Å²) in [5, 5.41) is 3.15. The number of anilines is 1. The van der Waals surface area contributed by atoms with Gasteiger partial charge in [-0.15, -0.1) is 0 Å². The summed E-state index contributed by atoms with van der Waals surface area (Å²) in [5.74, 6) is -0.938. The van der Waals surface area contributed by atoms with Gasteiger partial charge >= 0.3 is 0 Å². The highest BCUT2D eigenvalue weighted by atomic mass is 35.5. The first-order chi connectivity index (χ1) is 9.47. The number of benzene rings is 2. The van der Waals surface area contributed by atoms with E-state index in [0.717, 1.165) is 5.56 Å². The van der Waals surface area contributed by atoms with Crippen molar-refractivity contribution >= 4 is 29.1 Å². The van der Waals surface area contributed by atoms with Crippen LogP contribution in [0.3, 0.4) is 0 Å². The van der Waals surface area contributed by atoms with Gasteiger partial charge in [0.1, 0.15) is 0 Å². The third-order valence-corrected chi connectivity index (χ3v) is 2.96. The Balaban J connectivity index is 2.30. The lowest BCUT2D eigenvalue weighted by molar-refractivity contribution is 0.100. The van der Waals surface area contributed by atoms with Gasteiger partial charge in [0.05, 0.1) is 11.3 Å². The van der Waals surface area contributed by atoms with E-state index in [4.69, 9.17) is 17.3 Å². The molecule has 0 aromatic heterocycles. The van der Waals surface area contributed by atoms with Crippen molar-refractivity contribution < 1.29 is 9.59 Å². The van der Waals surface area contributed by atoms with Gasteiger partial charge in [-0.1, -0.05) is 23.7 Å². The molecule has 0 fully saturated rings. The zero-order chi connectivity index (χ0) is 14.7. The molecule has 5 heteroatoms. The average Bonchev–Trinajstić information content (AvgIpc) is 2.37. The molecule has 0 spiro atoms. The number of rotatable bonds is 3. The summed E-state index contributed by atoms with van der Waals surface area (Å²) in [5.41, 5.74) is 7.21. The van der Waals surface area contributed by atoms with Crippen molar-refractivity contribution in [2.75, 3.05) is 5.32 Å². The number of hydrogen-bond donors (Lipinski definition) is 2. The predicted octanol–water partition coefficient (Wildman–Crippen LogP) is 3.00. The summed E-state index contributed by atoms with van der Waals surface area (Å²) < 4.78 is 0. The molecule has 0 bridgehead atoms. The van der Waals surface area contributed by atoms with Crippen LogP contribution in [0.1, 0.15) is 26.3 Å². The minimum absolute atomic E-state index is 0.264. The lowest BCUT2D eigenvalue weighted by Crippen LogP contribution is -2.18. The third-order valence-electron chi connectivity index (χ3n) is 2.75. The fraction of sp³-hybridized carbons (Fsp3) is 0.0667. The van der Waals surface area contributed by atoms with Gasteiger partial charge in [0.15, 0.2) is 0 Å². The van der Waals surface area contributed by atoms with Crippen molar-refractivity contribution in [3.05, 3.63) is 64.2 Å². The zero-order valence-electron chi connectivity index (χ0n) is 10.8. The van der Waals surface area contributed by atoms with Crippen LogP contribution < -0.4 is 11.1 Å². The van der Waals surface area contributed by atoms with E-state index < -0.39 is 5.91 Å². The fourth-order valence-corrected chi connectivity index (χ4v) is 2.16. The molecule has 4 nitrogen and oxygen atoms in total. The van der Waals surface area contributed by atoms with Crippen LogP contribution in [0.2, 0.25) is 5.02 Å². The number of amides is 2. The number of nitrogens with one attached hydrogen (secondary N) is 1. The maximum atomic E-state index is 12.2. The quantitative estimate of drug-likeness (QED) is 0.911. The molecule has 2 aromatic rings. The summed E-state index contributed by atoms with van der Waals surface area (Å²) in [6.07, 6.45) is 0. The van der Waals surface area contributed by atoms with Gasteiger partial charge in [0, 0.05) is 10.6 Å². The van der Waals surface area contributed by atoms with Crippen LogP contribution in [0, 0.1) is 6.92 Å². The molecule has 0 aliphatic carbocycles. The summed E-state index contributed by atoms with van der Waals surface area (Å²) in [4.78, 5) is 23.5. The van der Waals surface area contributed by atoms with Gasteiger partial charge in [0.25, 0.3) is 11.8 Å². The SMILES string of the molecule is Cc1cc(Cl)cc(C(=O)Nc2ccccc2C(N)=O)c1. The molecular formula is C15H13ClN2O2. The Kier molecular flexibility index (Phi) is 4.05. The lowest BCUT2D eigenvalue weighted by atomic mass is 10.1. The van der Waals surface area contributed by atoms with Crippen LogP contribution in [-0.2, 0) is 0 Å². The number of hydrogen-bond acceptors (Lipinski definition) is 2. The minimum Gasteiger partial charge on any atom is -0.366 e. The number of halogens is 1. The van der Waals surface area contributed by atoms with Gasteiger partial charge in [-0.3, -0.25) is 9.59 Å². The Morgan fingerprint density at radius 3 is 2.50 bits per heavy atom. The van der Waals surface area contributed by atoms with Gasteiger partial charge in [-0.2, -0.15) is 0 Å². The Morgan fingerprint density at radius 2 is 1.85 bits per heavy atom. The normalized spacial score (nSPS) is 10.1. The molecule has 0 atom stereocenters. The van der Waals surface area contributed by atoms with Gasteiger partial charge < -0.3 is 11.1 Å². The van der Waals surface area contributed by atoms with Crippen LogP contribution in [0.4, 0.5) is 5.69 Å². The monoisotopic (exact) mass is 288 g/mol. The fourth-order valence-electron chi connectivity index (χ4n) is 1.87. The Labute approximate surface area is 121 Å². The second-order valence-electron chi connectivity index (χ2n) is 4.38. The average molecular weight is 289 g/mol. The van der Waals surface area contributed by atoms with Crippen molar-refractivity contribution in [1.82, 2.24) is 0 Å². The molecule has 2 rings (SSSR count). The van der Waals surface area contributed by atoms with Crippen molar-refractivity contribution in [3.63, 3.8) is 0 Å². The highest BCUT2D eigenvalue weighted by Gasteiger charge is 2.12. The van der Waals surface area contributed by atoms with E-state index in [1.807, 2.05) is 6.92 Å². The molecule has 0 heterocycles. The van der Waals surface area contributed by atoms with E-state index in [9.17, 15) is 9.59 Å². The van der Waals surface area contributed by atoms with Crippen LogP contribution in [0.5, 0.6) is 0 Å². The first-order valence-electron chi connectivity index (χ1n) is 5.95. The van der Waals surface area contributed by atoms with E-state index in [1.165, 1.54) is 0 Å². The first-order valence-corrected chi connectivity index (χ1v) is 6.32. The van der Waals surface area contributed by atoms with E-state index in [2.05, 4.69) is 5.32 Å². The zero-order valence-corrected chi connectivity index (χ0v) is 11.6. The van der Waals surface area contributed by atoms with Crippen LogP contribution >= 0.6 is 11.6 Å². The molecule has 3 N–H and O–H groups in total. The molecule has 0 saturated heterocycles. The highest BCUT2D eigenvalue weighted by Crippen LogP contribution is 2.18. The maximum Gasteiger partial charge on any atom is 0.255 e. The number of nitrogens with two attached hydrogens (primary N) is 1. The molecule has 102 valence electrons. The molecule has 0 aliphatic heterocycles. The molecule has 0 saturated carbocycles. The third kappa shape index (κ3) is 3.16. The van der Waals surface area contributed by atoms with E-state index in [0.29, 0.717) is 16.3 Å². The summed E-state index contributed by atoms with van der Waals surface area (Å²) in [6.45, 7) is 1.85. The van der Waals surface area contributed by atoms with Gasteiger partial charge in [0.2, 0.25) is 0 Å². The van der Waals surface area contributed by atoms with E-state index >= 15 is 0 Å². The van der Waals surface area contributed by atoms with Crippen molar-refractivity contribution in [2.24, 2.45) is 5.73 Å². The molecule has 0 radical (unpaired) electrons. The van der Waals surface area contributed by atoms with Crippen LogP contribution in [-0.4, -0.2) is 11.8 Å². The van der Waals surface area contributed by atoms with Crippen LogP contribution in [0.25, 0.3) is 0 Å². The van der Waals surface area contributed by atoms with Gasteiger partial charge in [-0.05, 0) is 42.8 Å². The molecule has 0 aliphatic rings.